The van der Waals surface area contributed by atoms with E-state index in [-0.39, 0.29) is 18.1 Å². The summed E-state index contributed by atoms with van der Waals surface area (Å²) in [6.45, 7) is 0. The second-order valence-electron chi connectivity index (χ2n) is 3.44. The summed E-state index contributed by atoms with van der Waals surface area (Å²) in [7, 11) is 1.53. The van der Waals surface area contributed by atoms with Crippen LogP contribution < -0.4 is 10.1 Å². The van der Waals surface area contributed by atoms with Crippen molar-refractivity contribution in [3.05, 3.63) is 24.3 Å². The Kier molecular flexibility index (Phi) is 6.07. The SMILES string of the molecule is COc1ccccc1NC(=O)CSCCC(=O)O. The number of aliphatic carboxylic acids is 1. The van der Waals surface area contributed by atoms with E-state index in [9.17, 15) is 9.59 Å². The van der Waals surface area contributed by atoms with Gasteiger partial charge in [0.05, 0.1) is 25.0 Å². The van der Waals surface area contributed by atoms with Gasteiger partial charge in [-0.15, -0.1) is 0 Å². The van der Waals surface area contributed by atoms with Crippen LogP contribution in [0, 0.1) is 0 Å². The second kappa shape index (κ2) is 7.60. The Balaban J connectivity index is 2.37. The molecule has 5 nitrogen and oxygen atoms in total. The number of hydrogen-bond donors (Lipinski definition) is 2. The first-order valence-electron chi connectivity index (χ1n) is 5.36. The van der Waals surface area contributed by atoms with E-state index in [0.29, 0.717) is 17.2 Å². The molecule has 0 aliphatic rings. The Morgan fingerprint density at radius 3 is 2.78 bits per heavy atom. The molecule has 0 atom stereocenters. The summed E-state index contributed by atoms with van der Waals surface area (Å²) >= 11 is 1.29. The van der Waals surface area contributed by atoms with Crippen molar-refractivity contribution < 1.29 is 19.4 Å². The summed E-state index contributed by atoms with van der Waals surface area (Å²) in [5.41, 5.74) is 0.615. The number of nitrogens with one attached hydrogen (secondary N) is 1. The number of methoxy groups -OCH3 is 1. The fraction of sp³-hybridized carbons (Fsp3) is 0.333. The van der Waals surface area contributed by atoms with Crippen LogP contribution in [0.15, 0.2) is 24.3 Å². The molecule has 0 bridgehead atoms. The van der Waals surface area contributed by atoms with Crippen LogP contribution in [-0.2, 0) is 9.59 Å². The monoisotopic (exact) mass is 269 g/mol. The van der Waals surface area contributed by atoms with Crippen LogP contribution >= 0.6 is 11.8 Å². The molecule has 1 rings (SSSR count). The summed E-state index contributed by atoms with van der Waals surface area (Å²) in [6.07, 6.45) is 0.0621. The molecule has 0 saturated carbocycles. The van der Waals surface area contributed by atoms with Crippen LogP contribution in [0.25, 0.3) is 0 Å². The number of carbonyl (C=O) groups is 2. The summed E-state index contributed by atoms with van der Waals surface area (Å²) in [6, 6.07) is 7.12. The molecule has 1 aromatic rings. The van der Waals surface area contributed by atoms with Crippen LogP contribution in [-0.4, -0.2) is 35.6 Å². The number of hydrogen-bond acceptors (Lipinski definition) is 4. The summed E-state index contributed by atoms with van der Waals surface area (Å²) in [4.78, 5) is 21.9. The van der Waals surface area contributed by atoms with Crippen LogP contribution in [0.3, 0.4) is 0 Å². The Morgan fingerprint density at radius 1 is 1.39 bits per heavy atom. The summed E-state index contributed by atoms with van der Waals surface area (Å²) in [5.74, 6) is 0.226. The smallest absolute Gasteiger partial charge is 0.304 e. The maximum atomic E-state index is 11.6. The van der Waals surface area contributed by atoms with Gasteiger partial charge in [-0.1, -0.05) is 12.1 Å². The number of carboxylic acid groups (broad SMARTS) is 1. The number of amides is 1. The average molecular weight is 269 g/mol. The molecule has 0 aromatic heterocycles. The molecular formula is C12H15NO4S. The third-order valence-corrected chi connectivity index (χ3v) is 3.03. The van der Waals surface area contributed by atoms with E-state index in [0.717, 1.165) is 0 Å². The topological polar surface area (TPSA) is 75.6 Å². The van der Waals surface area contributed by atoms with Crippen molar-refractivity contribution in [3.63, 3.8) is 0 Å². The predicted octanol–water partition coefficient (Wildman–Crippen LogP) is 1.84. The van der Waals surface area contributed by atoms with Gasteiger partial charge in [0, 0.05) is 5.75 Å². The minimum Gasteiger partial charge on any atom is -0.495 e. The lowest BCUT2D eigenvalue weighted by Gasteiger charge is -2.09. The van der Waals surface area contributed by atoms with Crippen molar-refractivity contribution in [3.8, 4) is 5.75 Å². The molecule has 0 saturated heterocycles. The number of carboxylic acids is 1. The van der Waals surface area contributed by atoms with E-state index in [1.165, 1.54) is 18.9 Å². The molecule has 6 heteroatoms. The highest BCUT2D eigenvalue weighted by molar-refractivity contribution is 7.99. The lowest BCUT2D eigenvalue weighted by atomic mass is 10.3. The number of benzene rings is 1. The lowest BCUT2D eigenvalue weighted by molar-refractivity contribution is -0.136. The van der Waals surface area contributed by atoms with Crippen LogP contribution in [0.2, 0.25) is 0 Å². The van der Waals surface area contributed by atoms with Crippen LogP contribution in [0.4, 0.5) is 5.69 Å². The zero-order valence-electron chi connectivity index (χ0n) is 10.0. The molecule has 2 N–H and O–H groups in total. The quantitative estimate of drug-likeness (QED) is 0.739. The maximum absolute atomic E-state index is 11.6. The fourth-order valence-electron chi connectivity index (χ4n) is 1.26. The average Bonchev–Trinajstić information content (AvgIpc) is 2.35. The molecule has 0 aliphatic carbocycles. The number of ether oxygens (including phenoxy) is 1. The predicted molar refractivity (Wildman–Crippen MR) is 71.2 cm³/mol. The van der Waals surface area contributed by atoms with E-state index in [4.69, 9.17) is 9.84 Å². The molecule has 0 fully saturated rings. The van der Waals surface area contributed by atoms with E-state index < -0.39 is 5.97 Å². The highest BCUT2D eigenvalue weighted by atomic mass is 32.2. The molecule has 0 heterocycles. The highest BCUT2D eigenvalue weighted by Gasteiger charge is 2.07. The Bertz CT molecular complexity index is 422. The van der Waals surface area contributed by atoms with Gasteiger partial charge in [-0.05, 0) is 12.1 Å². The normalized spacial score (nSPS) is 9.83. The van der Waals surface area contributed by atoms with Gasteiger partial charge < -0.3 is 15.2 Å². The van der Waals surface area contributed by atoms with Crippen molar-refractivity contribution in [2.75, 3.05) is 23.9 Å². The summed E-state index contributed by atoms with van der Waals surface area (Å²) < 4.78 is 5.10. The van der Waals surface area contributed by atoms with Gasteiger partial charge in [-0.2, -0.15) is 11.8 Å². The van der Waals surface area contributed by atoms with Gasteiger partial charge in [0.25, 0.3) is 0 Å². The first kappa shape index (κ1) is 14.4. The molecule has 98 valence electrons. The first-order valence-corrected chi connectivity index (χ1v) is 6.51. The third kappa shape index (κ3) is 5.09. The number of thioether (sulfide) groups is 1. The van der Waals surface area contributed by atoms with E-state index in [1.807, 2.05) is 6.07 Å². The Hall–Kier alpha value is -1.69. The van der Waals surface area contributed by atoms with Gasteiger partial charge in [-0.25, -0.2) is 0 Å². The molecule has 0 aliphatic heterocycles. The summed E-state index contributed by atoms with van der Waals surface area (Å²) in [5, 5.41) is 11.2. The molecular weight excluding hydrogens is 254 g/mol. The van der Waals surface area contributed by atoms with Gasteiger partial charge in [0.1, 0.15) is 5.75 Å². The van der Waals surface area contributed by atoms with E-state index in [2.05, 4.69) is 5.32 Å². The van der Waals surface area contributed by atoms with Crippen molar-refractivity contribution in [2.45, 2.75) is 6.42 Å². The van der Waals surface area contributed by atoms with Gasteiger partial charge in [-0.3, -0.25) is 9.59 Å². The Labute approximate surface area is 110 Å². The molecule has 0 unspecified atom stereocenters. The number of carbonyl (C=O) groups excluding carboxylic acids is 1. The molecule has 1 aromatic carbocycles. The number of rotatable bonds is 7. The second-order valence-corrected chi connectivity index (χ2v) is 4.55. The molecule has 0 radical (unpaired) electrons. The highest BCUT2D eigenvalue weighted by Crippen LogP contribution is 2.23. The van der Waals surface area contributed by atoms with Crippen molar-refractivity contribution in [2.24, 2.45) is 0 Å². The van der Waals surface area contributed by atoms with Gasteiger partial charge in [0.2, 0.25) is 5.91 Å². The number of para-hydroxylation sites is 2. The van der Waals surface area contributed by atoms with Gasteiger partial charge in [0.15, 0.2) is 0 Å². The minimum atomic E-state index is -0.854. The van der Waals surface area contributed by atoms with E-state index in [1.54, 1.807) is 18.2 Å². The Morgan fingerprint density at radius 2 is 2.11 bits per heavy atom. The molecule has 18 heavy (non-hydrogen) atoms. The van der Waals surface area contributed by atoms with Crippen molar-refractivity contribution in [1.82, 2.24) is 0 Å². The van der Waals surface area contributed by atoms with Gasteiger partial charge >= 0.3 is 5.97 Å². The fourth-order valence-corrected chi connectivity index (χ4v) is 1.98. The van der Waals surface area contributed by atoms with Crippen molar-refractivity contribution >= 4 is 29.3 Å². The minimum absolute atomic E-state index is 0.0621. The maximum Gasteiger partial charge on any atom is 0.304 e. The van der Waals surface area contributed by atoms with E-state index >= 15 is 0 Å². The standard InChI is InChI=1S/C12H15NO4S/c1-17-10-5-3-2-4-9(10)13-11(14)8-18-7-6-12(15)16/h2-5H,6-8H2,1H3,(H,13,14)(H,15,16). The zero-order chi connectivity index (χ0) is 13.4. The third-order valence-electron chi connectivity index (χ3n) is 2.07. The molecule has 1 amide bonds. The number of anilines is 1. The first-order chi connectivity index (χ1) is 8.63. The van der Waals surface area contributed by atoms with Crippen molar-refractivity contribution in [1.29, 1.82) is 0 Å². The largest absolute Gasteiger partial charge is 0.495 e. The lowest BCUT2D eigenvalue weighted by Crippen LogP contribution is -2.15. The zero-order valence-corrected chi connectivity index (χ0v) is 10.8. The molecule has 0 spiro atoms. The van der Waals surface area contributed by atoms with Crippen LogP contribution in [0.5, 0.6) is 5.75 Å². The van der Waals surface area contributed by atoms with Crippen LogP contribution in [0.1, 0.15) is 6.42 Å².